The van der Waals surface area contributed by atoms with Crippen LogP contribution in [0.4, 0.5) is 0 Å². The molecule has 0 amide bonds. The van der Waals surface area contributed by atoms with Crippen LogP contribution in [0.1, 0.15) is 19.8 Å². The predicted molar refractivity (Wildman–Crippen MR) is 73.5 cm³/mol. The molecule has 2 rings (SSSR count). The first-order valence-electron chi connectivity index (χ1n) is 5.40. The Morgan fingerprint density at radius 1 is 1.53 bits per heavy atom. The number of hydrogen-bond donors (Lipinski definition) is 1. The largest absolute Gasteiger partial charge is 0.480 e. The van der Waals surface area contributed by atoms with Gasteiger partial charge in [-0.2, -0.15) is 4.31 Å². The van der Waals surface area contributed by atoms with Crippen LogP contribution >= 0.6 is 34.5 Å². The standard InChI is InChI=1S/C10H11Cl2NO4S2/c1-10(9(14)15)3-2-4-13(10)19(16,17)6-5-7(11)18-8(6)12/h5H,2-4H2,1H3,(H,14,15). The fourth-order valence-corrected chi connectivity index (χ4v) is 6.08. The maximum Gasteiger partial charge on any atom is 0.324 e. The van der Waals surface area contributed by atoms with E-state index in [2.05, 4.69) is 0 Å². The Hall–Kier alpha value is -0.340. The normalized spacial score (nSPS) is 24.8. The van der Waals surface area contributed by atoms with E-state index in [9.17, 15) is 18.3 Å². The van der Waals surface area contributed by atoms with E-state index >= 15 is 0 Å². The zero-order valence-corrected chi connectivity index (χ0v) is 13.0. The maximum absolute atomic E-state index is 12.5. The summed E-state index contributed by atoms with van der Waals surface area (Å²) in [6.07, 6.45) is 0.772. The number of carboxylic acids is 1. The molecular weight excluding hydrogens is 333 g/mol. The van der Waals surface area contributed by atoms with Crippen molar-refractivity contribution in [2.24, 2.45) is 0 Å². The van der Waals surface area contributed by atoms with Crippen molar-refractivity contribution in [3.8, 4) is 0 Å². The summed E-state index contributed by atoms with van der Waals surface area (Å²) >= 11 is 12.5. The molecule has 0 spiro atoms. The lowest BCUT2D eigenvalue weighted by atomic mass is 10.0. The SMILES string of the molecule is CC1(C(=O)O)CCCN1S(=O)(=O)c1cc(Cl)sc1Cl. The summed E-state index contributed by atoms with van der Waals surface area (Å²) in [5.41, 5.74) is -1.43. The van der Waals surface area contributed by atoms with E-state index in [0.717, 1.165) is 15.6 Å². The van der Waals surface area contributed by atoms with E-state index in [4.69, 9.17) is 23.2 Å². The molecule has 19 heavy (non-hydrogen) atoms. The van der Waals surface area contributed by atoms with Gasteiger partial charge in [0.1, 0.15) is 14.8 Å². The minimum atomic E-state index is -3.95. The summed E-state index contributed by atoms with van der Waals surface area (Å²) in [7, 11) is -3.95. The van der Waals surface area contributed by atoms with Crippen molar-refractivity contribution in [2.45, 2.75) is 30.2 Å². The highest BCUT2D eigenvalue weighted by molar-refractivity contribution is 7.89. The molecular formula is C10H11Cl2NO4S2. The van der Waals surface area contributed by atoms with Crippen molar-refractivity contribution in [3.63, 3.8) is 0 Å². The van der Waals surface area contributed by atoms with Crippen molar-refractivity contribution < 1.29 is 18.3 Å². The third-order valence-corrected chi connectivity index (χ3v) is 7.00. The fraction of sp³-hybridized carbons (Fsp3) is 0.500. The molecule has 0 saturated carbocycles. The van der Waals surface area contributed by atoms with Gasteiger partial charge in [0.15, 0.2) is 0 Å². The smallest absolute Gasteiger partial charge is 0.324 e. The number of carboxylic acid groups (broad SMARTS) is 1. The zero-order valence-electron chi connectivity index (χ0n) is 9.89. The molecule has 1 N–H and O–H groups in total. The monoisotopic (exact) mass is 343 g/mol. The van der Waals surface area contributed by atoms with Crippen LogP contribution in [-0.2, 0) is 14.8 Å². The molecule has 5 nitrogen and oxygen atoms in total. The first-order valence-corrected chi connectivity index (χ1v) is 8.42. The lowest BCUT2D eigenvalue weighted by Gasteiger charge is -2.29. The summed E-state index contributed by atoms with van der Waals surface area (Å²) in [4.78, 5) is 11.2. The van der Waals surface area contributed by atoms with E-state index in [0.29, 0.717) is 6.42 Å². The zero-order chi connectivity index (χ0) is 14.4. The lowest BCUT2D eigenvalue weighted by molar-refractivity contribution is -0.146. The van der Waals surface area contributed by atoms with Gasteiger partial charge in [0.05, 0.1) is 4.34 Å². The van der Waals surface area contributed by atoms with Crippen LogP contribution in [0, 0.1) is 0 Å². The second kappa shape index (κ2) is 4.89. The summed E-state index contributed by atoms with van der Waals surface area (Å²) in [6, 6.07) is 1.25. The number of carbonyl (C=O) groups is 1. The van der Waals surface area contributed by atoms with Crippen LogP contribution in [0.25, 0.3) is 0 Å². The summed E-state index contributed by atoms with van der Waals surface area (Å²) in [5, 5.41) is 9.27. The number of halogens is 2. The van der Waals surface area contributed by atoms with Crippen LogP contribution in [0.15, 0.2) is 11.0 Å². The van der Waals surface area contributed by atoms with Crippen LogP contribution in [0.2, 0.25) is 8.67 Å². The topological polar surface area (TPSA) is 74.7 Å². The van der Waals surface area contributed by atoms with Gasteiger partial charge in [-0.3, -0.25) is 4.79 Å². The Morgan fingerprint density at radius 3 is 2.63 bits per heavy atom. The van der Waals surface area contributed by atoms with Gasteiger partial charge in [-0.15, -0.1) is 11.3 Å². The molecule has 0 aliphatic carbocycles. The minimum absolute atomic E-state index is 0.0460. The number of nitrogens with zero attached hydrogens (tertiary/aromatic N) is 1. The van der Waals surface area contributed by atoms with Gasteiger partial charge in [-0.1, -0.05) is 23.2 Å². The average Bonchev–Trinajstić information content (AvgIpc) is 2.83. The van der Waals surface area contributed by atoms with Crippen LogP contribution in [-0.4, -0.2) is 35.9 Å². The maximum atomic E-state index is 12.5. The van der Waals surface area contributed by atoms with Gasteiger partial charge < -0.3 is 5.11 Å². The summed E-state index contributed by atoms with van der Waals surface area (Å²) < 4.78 is 26.3. The van der Waals surface area contributed by atoms with Crippen LogP contribution < -0.4 is 0 Å². The highest BCUT2D eigenvalue weighted by Gasteiger charge is 2.50. The van der Waals surface area contributed by atoms with E-state index < -0.39 is 21.5 Å². The quantitative estimate of drug-likeness (QED) is 0.915. The van der Waals surface area contributed by atoms with Crippen molar-refractivity contribution in [3.05, 3.63) is 14.7 Å². The highest BCUT2D eigenvalue weighted by atomic mass is 35.5. The second-order valence-corrected chi connectivity index (χ2v) is 8.56. The molecule has 1 atom stereocenters. The number of hydrogen-bond acceptors (Lipinski definition) is 4. The van der Waals surface area contributed by atoms with Crippen LogP contribution in [0.3, 0.4) is 0 Å². The Bertz CT molecular complexity index is 627. The Labute approximate surface area is 124 Å². The van der Waals surface area contributed by atoms with E-state index in [1.54, 1.807) is 0 Å². The molecule has 0 bridgehead atoms. The molecule has 2 heterocycles. The van der Waals surface area contributed by atoms with Crippen molar-refractivity contribution in [1.82, 2.24) is 4.31 Å². The molecule has 0 radical (unpaired) electrons. The number of aliphatic carboxylic acids is 1. The number of sulfonamides is 1. The molecule has 1 saturated heterocycles. The average molecular weight is 344 g/mol. The molecule has 1 unspecified atom stereocenters. The predicted octanol–water partition coefficient (Wildman–Crippen LogP) is 2.68. The Morgan fingerprint density at radius 2 is 2.16 bits per heavy atom. The van der Waals surface area contributed by atoms with Gasteiger partial charge in [-0.05, 0) is 25.8 Å². The van der Waals surface area contributed by atoms with Gasteiger partial charge in [-0.25, -0.2) is 8.42 Å². The molecule has 1 aromatic rings. The number of thiophene rings is 1. The van der Waals surface area contributed by atoms with E-state index in [1.165, 1.54) is 13.0 Å². The van der Waals surface area contributed by atoms with Crippen molar-refractivity contribution in [1.29, 1.82) is 0 Å². The summed E-state index contributed by atoms with van der Waals surface area (Å²) in [6.45, 7) is 1.57. The van der Waals surface area contributed by atoms with Gasteiger partial charge in [0.2, 0.25) is 10.0 Å². The van der Waals surface area contributed by atoms with Crippen molar-refractivity contribution in [2.75, 3.05) is 6.54 Å². The third kappa shape index (κ3) is 2.38. The van der Waals surface area contributed by atoms with Gasteiger partial charge in [0, 0.05) is 6.54 Å². The highest BCUT2D eigenvalue weighted by Crippen LogP contribution is 2.40. The van der Waals surface area contributed by atoms with E-state index in [1.807, 2.05) is 0 Å². The van der Waals surface area contributed by atoms with E-state index in [-0.39, 0.29) is 26.5 Å². The fourth-order valence-electron chi connectivity index (χ4n) is 2.16. The molecule has 1 aliphatic heterocycles. The molecule has 1 fully saturated rings. The second-order valence-electron chi connectivity index (χ2n) is 4.45. The molecule has 9 heteroatoms. The third-order valence-electron chi connectivity index (χ3n) is 3.23. The van der Waals surface area contributed by atoms with Gasteiger partial charge in [0.25, 0.3) is 0 Å². The molecule has 1 aliphatic rings. The lowest BCUT2D eigenvalue weighted by Crippen LogP contribution is -2.50. The molecule has 1 aromatic heterocycles. The first kappa shape index (κ1) is 15.1. The minimum Gasteiger partial charge on any atom is -0.480 e. The number of rotatable bonds is 3. The molecule has 0 aromatic carbocycles. The van der Waals surface area contributed by atoms with Crippen molar-refractivity contribution >= 4 is 50.5 Å². The van der Waals surface area contributed by atoms with Gasteiger partial charge >= 0.3 is 5.97 Å². The summed E-state index contributed by atoms with van der Waals surface area (Å²) in [5.74, 6) is -1.16. The Balaban J connectivity index is 2.51. The molecule has 106 valence electrons. The Kier molecular flexibility index (Phi) is 3.88. The first-order chi connectivity index (χ1) is 8.69. The van der Waals surface area contributed by atoms with Crippen LogP contribution in [0.5, 0.6) is 0 Å².